The van der Waals surface area contributed by atoms with Gasteiger partial charge in [0.25, 0.3) is 5.91 Å². The first kappa shape index (κ1) is 22.2. The Kier molecular flexibility index (Phi) is 6.40. The lowest BCUT2D eigenvalue weighted by Crippen LogP contribution is -2.45. The molecule has 0 saturated heterocycles. The fraction of sp³-hybridized carbons (Fsp3) is 0.200. The van der Waals surface area contributed by atoms with Gasteiger partial charge < -0.3 is 14.7 Å². The zero-order valence-electron chi connectivity index (χ0n) is 17.3. The molecule has 1 heterocycles. The highest BCUT2D eigenvalue weighted by atomic mass is 35.5. The molecule has 32 heavy (non-hydrogen) atoms. The standard InChI is InChI=1S/C25H21Cl2NO4/c1-2-11-28-23(22(25(30)31)20-5-3-4-6-21(20)24(28)29)15-7-9-18(10-8-15)32-19-13-16(26)12-17(27)14-19/h3-10,12-14,22-23H,2,11H2,1H3,(H,30,31)/t22-,23+/m1/s1. The lowest BCUT2D eigenvalue weighted by atomic mass is 9.79. The number of ether oxygens (including phenoxy) is 1. The lowest BCUT2D eigenvalue weighted by Gasteiger charge is -2.40. The zero-order valence-corrected chi connectivity index (χ0v) is 18.8. The van der Waals surface area contributed by atoms with Crippen molar-refractivity contribution in [1.82, 2.24) is 4.90 Å². The molecule has 1 aliphatic rings. The van der Waals surface area contributed by atoms with E-state index in [0.29, 0.717) is 45.6 Å². The SMILES string of the molecule is CCCN1C(=O)c2ccccc2[C@@H](C(=O)O)[C@@H]1c1ccc(Oc2cc(Cl)cc(Cl)c2)cc1. The van der Waals surface area contributed by atoms with Gasteiger partial charge in [-0.1, -0.05) is 60.5 Å². The minimum absolute atomic E-state index is 0.154. The van der Waals surface area contributed by atoms with Gasteiger partial charge in [0.05, 0.1) is 6.04 Å². The van der Waals surface area contributed by atoms with Crippen LogP contribution in [0.3, 0.4) is 0 Å². The zero-order chi connectivity index (χ0) is 22.8. The molecule has 3 aromatic carbocycles. The van der Waals surface area contributed by atoms with Crippen molar-refractivity contribution in [2.24, 2.45) is 0 Å². The Labute approximate surface area is 196 Å². The van der Waals surface area contributed by atoms with Gasteiger partial charge in [0.1, 0.15) is 17.4 Å². The molecule has 0 saturated carbocycles. The van der Waals surface area contributed by atoms with Crippen LogP contribution in [0, 0.1) is 0 Å². The van der Waals surface area contributed by atoms with Crippen molar-refractivity contribution in [3.8, 4) is 11.5 Å². The number of carboxylic acids is 1. The molecule has 0 fully saturated rings. The number of fused-ring (bicyclic) bond motifs is 1. The fourth-order valence-corrected chi connectivity index (χ4v) is 4.68. The second-order valence-corrected chi connectivity index (χ2v) is 8.50. The molecular formula is C25H21Cl2NO4. The molecule has 1 amide bonds. The number of carbonyl (C=O) groups excluding carboxylic acids is 1. The van der Waals surface area contributed by atoms with Crippen molar-refractivity contribution in [3.63, 3.8) is 0 Å². The molecule has 7 heteroatoms. The second-order valence-electron chi connectivity index (χ2n) is 7.62. The summed E-state index contributed by atoms with van der Waals surface area (Å²) in [4.78, 5) is 27.2. The predicted molar refractivity (Wildman–Crippen MR) is 124 cm³/mol. The number of aliphatic carboxylic acids is 1. The molecule has 0 aromatic heterocycles. The number of nitrogens with zero attached hydrogens (tertiary/aromatic N) is 1. The van der Waals surface area contributed by atoms with Crippen LogP contribution >= 0.6 is 23.2 Å². The van der Waals surface area contributed by atoms with E-state index in [2.05, 4.69) is 0 Å². The fourth-order valence-electron chi connectivity index (χ4n) is 4.17. The molecule has 1 aliphatic heterocycles. The molecule has 4 rings (SSSR count). The van der Waals surface area contributed by atoms with E-state index in [0.717, 1.165) is 5.56 Å². The highest BCUT2D eigenvalue weighted by Crippen LogP contribution is 2.43. The number of amides is 1. The third-order valence-electron chi connectivity index (χ3n) is 5.46. The van der Waals surface area contributed by atoms with Gasteiger partial charge in [0, 0.05) is 22.2 Å². The third kappa shape index (κ3) is 4.31. The van der Waals surface area contributed by atoms with E-state index < -0.39 is 17.9 Å². The highest BCUT2D eigenvalue weighted by Gasteiger charge is 2.43. The molecule has 0 aliphatic carbocycles. The Morgan fingerprint density at radius 2 is 1.66 bits per heavy atom. The average molecular weight is 470 g/mol. The quantitative estimate of drug-likeness (QED) is 0.443. The van der Waals surface area contributed by atoms with Crippen LogP contribution in [0.2, 0.25) is 10.0 Å². The number of rotatable bonds is 6. The van der Waals surface area contributed by atoms with E-state index in [4.69, 9.17) is 27.9 Å². The van der Waals surface area contributed by atoms with Gasteiger partial charge in [-0.3, -0.25) is 9.59 Å². The number of benzene rings is 3. The number of hydrogen-bond acceptors (Lipinski definition) is 3. The minimum atomic E-state index is -0.968. The van der Waals surface area contributed by atoms with E-state index in [-0.39, 0.29) is 5.91 Å². The molecule has 3 aromatic rings. The Morgan fingerprint density at radius 3 is 2.28 bits per heavy atom. The van der Waals surface area contributed by atoms with Gasteiger partial charge in [0.2, 0.25) is 0 Å². The summed E-state index contributed by atoms with van der Waals surface area (Å²) in [5.41, 5.74) is 1.71. The first-order valence-corrected chi connectivity index (χ1v) is 11.0. The predicted octanol–water partition coefficient (Wildman–Crippen LogP) is 6.56. The summed E-state index contributed by atoms with van der Waals surface area (Å²) in [7, 11) is 0. The monoisotopic (exact) mass is 469 g/mol. The Balaban J connectivity index is 1.71. The summed E-state index contributed by atoms with van der Waals surface area (Å²) in [6, 6.07) is 18.3. The molecule has 164 valence electrons. The summed E-state index contributed by atoms with van der Waals surface area (Å²) in [5, 5.41) is 11.0. The van der Waals surface area contributed by atoms with Gasteiger partial charge >= 0.3 is 5.97 Å². The van der Waals surface area contributed by atoms with Gasteiger partial charge in [-0.25, -0.2) is 0 Å². The lowest BCUT2D eigenvalue weighted by molar-refractivity contribution is -0.140. The number of carboxylic acid groups (broad SMARTS) is 1. The minimum Gasteiger partial charge on any atom is -0.481 e. The number of hydrogen-bond donors (Lipinski definition) is 1. The van der Waals surface area contributed by atoms with Crippen LogP contribution in [0.25, 0.3) is 0 Å². The number of halogens is 2. The number of carbonyl (C=O) groups is 2. The summed E-state index contributed by atoms with van der Waals surface area (Å²) in [5.74, 6) is -0.950. The van der Waals surface area contributed by atoms with Crippen LogP contribution in [0.4, 0.5) is 0 Å². The van der Waals surface area contributed by atoms with Crippen molar-refractivity contribution in [1.29, 1.82) is 0 Å². The maximum Gasteiger partial charge on any atom is 0.313 e. The first-order chi connectivity index (χ1) is 15.4. The van der Waals surface area contributed by atoms with Crippen molar-refractivity contribution in [3.05, 3.63) is 93.5 Å². The van der Waals surface area contributed by atoms with Crippen molar-refractivity contribution < 1.29 is 19.4 Å². The first-order valence-electron chi connectivity index (χ1n) is 10.3. The molecule has 0 radical (unpaired) electrons. The molecule has 0 bridgehead atoms. The molecule has 5 nitrogen and oxygen atoms in total. The van der Waals surface area contributed by atoms with Gasteiger partial charge in [-0.15, -0.1) is 0 Å². The molecule has 1 N–H and O–H groups in total. The van der Waals surface area contributed by atoms with E-state index in [9.17, 15) is 14.7 Å². The molecular weight excluding hydrogens is 449 g/mol. The largest absolute Gasteiger partial charge is 0.481 e. The van der Waals surface area contributed by atoms with Crippen LogP contribution in [-0.4, -0.2) is 28.4 Å². The second kappa shape index (κ2) is 9.23. The van der Waals surface area contributed by atoms with Gasteiger partial charge in [-0.05, 0) is 53.9 Å². The Morgan fingerprint density at radius 1 is 1.00 bits per heavy atom. The Hall–Kier alpha value is -3.02. The van der Waals surface area contributed by atoms with Crippen LogP contribution in [-0.2, 0) is 4.79 Å². The van der Waals surface area contributed by atoms with Crippen LogP contribution < -0.4 is 4.74 Å². The average Bonchev–Trinajstić information content (AvgIpc) is 2.75. The van der Waals surface area contributed by atoms with Crippen LogP contribution in [0.1, 0.15) is 46.8 Å². The molecule has 2 atom stereocenters. The molecule has 0 spiro atoms. The summed E-state index contributed by atoms with van der Waals surface area (Å²) < 4.78 is 5.84. The van der Waals surface area contributed by atoms with Gasteiger partial charge in [0.15, 0.2) is 0 Å². The van der Waals surface area contributed by atoms with Crippen molar-refractivity contribution >= 4 is 35.1 Å². The van der Waals surface area contributed by atoms with E-state index >= 15 is 0 Å². The summed E-state index contributed by atoms with van der Waals surface area (Å²) in [6.07, 6.45) is 0.716. The van der Waals surface area contributed by atoms with E-state index in [1.807, 2.05) is 6.92 Å². The normalized spacial score (nSPS) is 17.7. The van der Waals surface area contributed by atoms with Crippen molar-refractivity contribution in [2.75, 3.05) is 6.54 Å². The summed E-state index contributed by atoms with van der Waals surface area (Å²) in [6.45, 7) is 2.43. The van der Waals surface area contributed by atoms with Gasteiger partial charge in [-0.2, -0.15) is 0 Å². The van der Waals surface area contributed by atoms with Crippen molar-refractivity contribution in [2.45, 2.75) is 25.3 Å². The topological polar surface area (TPSA) is 66.8 Å². The third-order valence-corrected chi connectivity index (χ3v) is 5.90. The smallest absolute Gasteiger partial charge is 0.313 e. The van der Waals surface area contributed by atoms with Crippen LogP contribution in [0.15, 0.2) is 66.7 Å². The summed E-state index contributed by atoms with van der Waals surface area (Å²) >= 11 is 12.1. The van der Waals surface area contributed by atoms with Crippen LogP contribution in [0.5, 0.6) is 11.5 Å². The maximum atomic E-state index is 13.2. The van der Waals surface area contributed by atoms with E-state index in [1.165, 1.54) is 0 Å². The highest BCUT2D eigenvalue weighted by molar-refractivity contribution is 6.34. The Bertz CT molecular complexity index is 1140. The van der Waals surface area contributed by atoms with E-state index in [1.54, 1.807) is 71.6 Å². The maximum absolute atomic E-state index is 13.2. The molecule has 0 unspecified atom stereocenters.